The predicted molar refractivity (Wildman–Crippen MR) is 73.9 cm³/mol. The summed E-state index contributed by atoms with van der Waals surface area (Å²) >= 11 is 0. The van der Waals surface area contributed by atoms with Crippen LogP contribution in [0.5, 0.6) is 0 Å². The maximum atomic E-state index is 11.4. The van der Waals surface area contributed by atoms with Crippen LogP contribution in [0.3, 0.4) is 0 Å². The van der Waals surface area contributed by atoms with Crippen LogP contribution in [-0.4, -0.2) is 20.7 Å². The molecule has 0 unspecified atom stereocenters. The van der Waals surface area contributed by atoms with Crippen LogP contribution in [0.25, 0.3) is 11.4 Å². The average molecular weight is 258 g/mol. The second kappa shape index (κ2) is 4.50. The molecule has 0 bridgehead atoms. The highest BCUT2D eigenvalue weighted by atomic mass is 16.1. The van der Waals surface area contributed by atoms with Gasteiger partial charge in [0, 0.05) is 18.3 Å². The molecular weight excluding hydrogens is 240 g/mol. The lowest BCUT2D eigenvalue weighted by atomic mass is 10.0. The largest absolute Gasteiger partial charge is 0.364 e. The van der Waals surface area contributed by atoms with Crippen molar-refractivity contribution in [3.63, 3.8) is 0 Å². The van der Waals surface area contributed by atoms with Gasteiger partial charge in [-0.25, -0.2) is 0 Å². The van der Waals surface area contributed by atoms with Crippen molar-refractivity contribution in [1.29, 1.82) is 0 Å². The van der Waals surface area contributed by atoms with Gasteiger partial charge in [0.1, 0.15) is 11.4 Å². The van der Waals surface area contributed by atoms with Crippen molar-refractivity contribution in [2.24, 2.45) is 12.8 Å². The molecule has 0 fully saturated rings. The Morgan fingerprint density at radius 3 is 2.32 bits per heavy atom. The molecule has 2 N–H and O–H groups in total. The molecule has 0 aliphatic heterocycles. The van der Waals surface area contributed by atoms with Crippen molar-refractivity contribution in [1.82, 2.24) is 14.8 Å². The van der Waals surface area contributed by atoms with Crippen LogP contribution < -0.4 is 5.73 Å². The summed E-state index contributed by atoms with van der Waals surface area (Å²) in [6, 6.07) is 2.08. The van der Waals surface area contributed by atoms with E-state index in [1.807, 2.05) is 27.7 Å². The summed E-state index contributed by atoms with van der Waals surface area (Å²) in [7, 11) is 1.72. The van der Waals surface area contributed by atoms with Gasteiger partial charge < -0.3 is 5.73 Å². The molecule has 0 saturated carbocycles. The van der Waals surface area contributed by atoms with E-state index >= 15 is 0 Å². The smallest absolute Gasteiger partial charge is 0.267 e. The van der Waals surface area contributed by atoms with Gasteiger partial charge in [-0.3, -0.25) is 14.5 Å². The molecule has 0 spiro atoms. The quantitative estimate of drug-likeness (QED) is 0.892. The molecule has 100 valence electrons. The van der Waals surface area contributed by atoms with E-state index in [0.29, 0.717) is 5.69 Å². The van der Waals surface area contributed by atoms with Gasteiger partial charge in [-0.15, -0.1) is 0 Å². The van der Waals surface area contributed by atoms with Gasteiger partial charge in [0.25, 0.3) is 5.91 Å². The number of pyridine rings is 1. The van der Waals surface area contributed by atoms with Crippen LogP contribution in [-0.2, 0) is 7.05 Å². The first-order valence-corrected chi connectivity index (χ1v) is 6.11. The molecule has 0 radical (unpaired) electrons. The number of carbonyl (C=O) groups is 1. The van der Waals surface area contributed by atoms with Gasteiger partial charge in [-0.05, 0) is 38.8 Å². The summed E-state index contributed by atoms with van der Waals surface area (Å²) in [5.74, 6) is -0.472. The van der Waals surface area contributed by atoms with Crippen molar-refractivity contribution in [2.45, 2.75) is 27.7 Å². The van der Waals surface area contributed by atoms with Gasteiger partial charge in [-0.2, -0.15) is 5.10 Å². The fraction of sp³-hybridized carbons (Fsp3) is 0.357. The second-order valence-corrected chi connectivity index (χ2v) is 4.87. The Morgan fingerprint density at radius 1 is 1.16 bits per heavy atom. The van der Waals surface area contributed by atoms with Crippen molar-refractivity contribution >= 4 is 5.91 Å². The summed E-state index contributed by atoms with van der Waals surface area (Å²) < 4.78 is 1.52. The van der Waals surface area contributed by atoms with Crippen LogP contribution in [0, 0.1) is 27.7 Å². The highest BCUT2D eigenvalue weighted by molar-refractivity contribution is 5.94. The molecule has 1 amide bonds. The lowest BCUT2D eigenvalue weighted by molar-refractivity contribution is 0.0991. The Bertz CT molecular complexity index is 671. The van der Waals surface area contributed by atoms with Crippen LogP contribution in [0.1, 0.15) is 32.9 Å². The number of hydrogen-bond acceptors (Lipinski definition) is 3. The third-order valence-electron chi connectivity index (χ3n) is 3.40. The summed E-state index contributed by atoms with van der Waals surface area (Å²) in [6.07, 6.45) is 0. The monoisotopic (exact) mass is 258 g/mol. The molecule has 2 rings (SSSR count). The summed E-state index contributed by atoms with van der Waals surface area (Å²) in [6.45, 7) is 7.83. The minimum Gasteiger partial charge on any atom is -0.364 e. The second-order valence-electron chi connectivity index (χ2n) is 4.87. The van der Waals surface area contributed by atoms with Crippen LogP contribution in [0.15, 0.2) is 6.07 Å². The normalized spacial score (nSPS) is 10.8. The fourth-order valence-electron chi connectivity index (χ4n) is 2.28. The van der Waals surface area contributed by atoms with Crippen molar-refractivity contribution < 1.29 is 4.79 Å². The summed E-state index contributed by atoms with van der Waals surface area (Å²) in [5.41, 5.74) is 11.3. The zero-order valence-electron chi connectivity index (χ0n) is 11.9. The zero-order valence-corrected chi connectivity index (χ0v) is 11.9. The number of hydrogen-bond donors (Lipinski definition) is 1. The standard InChI is InChI=1S/C14H18N4O/c1-7-6-8(2)11(16-10(7)4)12-9(3)13(14(15)19)18(5)17-12/h6H,1-5H3,(H2,15,19). The van der Waals surface area contributed by atoms with Gasteiger partial charge >= 0.3 is 0 Å². The van der Waals surface area contributed by atoms with Gasteiger partial charge in [0.2, 0.25) is 0 Å². The molecule has 0 aliphatic rings. The first-order valence-electron chi connectivity index (χ1n) is 6.11. The van der Waals surface area contributed by atoms with Crippen LogP contribution >= 0.6 is 0 Å². The molecule has 2 aromatic rings. The number of rotatable bonds is 2. The highest BCUT2D eigenvalue weighted by Gasteiger charge is 2.20. The highest BCUT2D eigenvalue weighted by Crippen LogP contribution is 2.26. The number of amides is 1. The van der Waals surface area contributed by atoms with Crippen LogP contribution in [0.2, 0.25) is 0 Å². The van der Waals surface area contributed by atoms with Gasteiger partial charge in [-0.1, -0.05) is 6.07 Å². The Hall–Kier alpha value is -2.17. The number of aryl methyl sites for hydroxylation is 4. The number of nitrogens with two attached hydrogens (primary N) is 1. The molecule has 0 atom stereocenters. The van der Waals surface area contributed by atoms with E-state index in [-0.39, 0.29) is 0 Å². The molecule has 2 heterocycles. The Balaban J connectivity index is 2.70. The molecule has 19 heavy (non-hydrogen) atoms. The molecule has 5 nitrogen and oxygen atoms in total. The zero-order chi connectivity index (χ0) is 14.3. The maximum absolute atomic E-state index is 11.4. The van der Waals surface area contributed by atoms with E-state index in [4.69, 9.17) is 5.73 Å². The molecule has 5 heteroatoms. The SMILES string of the molecule is Cc1cc(C)c(-c2nn(C)c(C(N)=O)c2C)nc1C. The third-order valence-corrected chi connectivity index (χ3v) is 3.40. The van der Waals surface area contributed by atoms with Crippen molar-refractivity contribution in [3.05, 3.63) is 34.1 Å². The number of carbonyl (C=O) groups excluding carboxylic acids is 1. The first kappa shape index (κ1) is 13.3. The van der Waals surface area contributed by atoms with E-state index in [2.05, 4.69) is 16.1 Å². The fourth-order valence-corrected chi connectivity index (χ4v) is 2.28. The molecule has 0 aliphatic carbocycles. The minimum absolute atomic E-state index is 0.425. The molecule has 0 aromatic carbocycles. The maximum Gasteiger partial charge on any atom is 0.267 e. The Morgan fingerprint density at radius 2 is 1.79 bits per heavy atom. The summed E-state index contributed by atoms with van der Waals surface area (Å²) in [4.78, 5) is 16.0. The number of nitrogens with zero attached hydrogens (tertiary/aromatic N) is 3. The molecule has 2 aromatic heterocycles. The van der Waals surface area contributed by atoms with E-state index < -0.39 is 5.91 Å². The van der Waals surface area contributed by atoms with Crippen LogP contribution in [0.4, 0.5) is 0 Å². The molecular formula is C14H18N4O. The predicted octanol–water partition coefficient (Wildman–Crippen LogP) is 1.81. The lowest BCUT2D eigenvalue weighted by Crippen LogP contribution is -2.16. The van der Waals surface area contributed by atoms with Crippen molar-refractivity contribution in [2.75, 3.05) is 0 Å². The Kier molecular flexibility index (Phi) is 3.14. The first-order chi connectivity index (χ1) is 8.82. The van der Waals surface area contributed by atoms with E-state index in [9.17, 15) is 4.79 Å². The average Bonchev–Trinajstić information content (AvgIpc) is 2.59. The Labute approximate surface area is 112 Å². The minimum atomic E-state index is -0.472. The van der Waals surface area contributed by atoms with E-state index in [0.717, 1.165) is 33.8 Å². The van der Waals surface area contributed by atoms with Gasteiger partial charge in [0.05, 0.1) is 5.69 Å². The topological polar surface area (TPSA) is 73.8 Å². The number of aromatic nitrogens is 3. The number of primary amides is 1. The van der Waals surface area contributed by atoms with E-state index in [1.54, 1.807) is 7.05 Å². The van der Waals surface area contributed by atoms with Crippen molar-refractivity contribution in [3.8, 4) is 11.4 Å². The summed E-state index contributed by atoms with van der Waals surface area (Å²) in [5, 5.41) is 4.39. The van der Waals surface area contributed by atoms with E-state index in [1.165, 1.54) is 4.68 Å². The molecule has 0 saturated heterocycles. The van der Waals surface area contributed by atoms with Gasteiger partial charge in [0.15, 0.2) is 0 Å². The lowest BCUT2D eigenvalue weighted by Gasteiger charge is -2.07. The third kappa shape index (κ3) is 2.12.